The molecule has 2 aliphatic heterocycles. The van der Waals surface area contributed by atoms with Crippen LogP contribution in [0, 0.1) is 11.3 Å². The summed E-state index contributed by atoms with van der Waals surface area (Å²) in [6.07, 6.45) is 4.22. The average Bonchev–Trinajstić information content (AvgIpc) is 2.40. The second-order valence-corrected chi connectivity index (χ2v) is 6.05. The molecule has 0 aromatic carbocycles. The van der Waals surface area contributed by atoms with Crippen molar-refractivity contribution in [2.75, 3.05) is 26.3 Å². The number of piperidine rings is 1. The van der Waals surface area contributed by atoms with Crippen LogP contribution in [-0.4, -0.2) is 38.3 Å². The van der Waals surface area contributed by atoms with Crippen molar-refractivity contribution in [1.82, 2.24) is 10.6 Å². The van der Waals surface area contributed by atoms with Gasteiger partial charge in [0.15, 0.2) is 0 Å². The maximum atomic E-state index is 12.4. The second-order valence-electron chi connectivity index (χ2n) is 6.05. The number of hydrogen-bond donors (Lipinski definition) is 2. The van der Waals surface area contributed by atoms with Gasteiger partial charge in [0, 0.05) is 25.8 Å². The highest BCUT2D eigenvalue weighted by Crippen LogP contribution is 2.27. The molecule has 1 amide bonds. The Morgan fingerprint density at radius 2 is 2.11 bits per heavy atom. The van der Waals surface area contributed by atoms with Gasteiger partial charge in [-0.1, -0.05) is 0 Å². The molecule has 2 N–H and O–H groups in total. The summed E-state index contributed by atoms with van der Waals surface area (Å²) in [4.78, 5) is 12.4. The zero-order valence-corrected chi connectivity index (χ0v) is 12.9. The van der Waals surface area contributed by atoms with Crippen molar-refractivity contribution in [3.63, 3.8) is 0 Å². The number of rotatable bonds is 3. The van der Waals surface area contributed by atoms with Crippen LogP contribution in [-0.2, 0) is 9.53 Å². The van der Waals surface area contributed by atoms with Gasteiger partial charge in [-0.15, -0.1) is 12.4 Å². The largest absolute Gasteiger partial charge is 0.381 e. The van der Waals surface area contributed by atoms with Gasteiger partial charge in [-0.25, -0.2) is 0 Å². The molecule has 2 fully saturated rings. The van der Waals surface area contributed by atoms with Crippen LogP contribution >= 0.6 is 12.4 Å². The lowest BCUT2D eigenvalue weighted by Gasteiger charge is -2.36. The summed E-state index contributed by atoms with van der Waals surface area (Å²) >= 11 is 0. The van der Waals surface area contributed by atoms with Gasteiger partial charge in [-0.05, 0) is 52.0 Å². The van der Waals surface area contributed by atoms with Crippen LogP contribution in [0.2, 0.25) is 0 Å². The minimum Gasteiger partial charge on any atom is -0.381 e. The van der Waals surface area contributed by atoms with Crippen LogP contribution in [0.3, 0.4) is 0 Å². The van der Waals surface area contributed by atoms with Gasteiger partial charge in [-0.3, -0.25) is 4.79 Å². The van der Waals surface area contributed by atoms with E-state index in [1.165, 1.54) is 0 Å². The van der Waals surface area contributed by atoms with E-state index in [1.54, 1.807) is 0 Å². The molecule has 2 rings (SSSR count). The van der Waals surface area contributed by atoms with Gasteiger partial charge in [0.05, 0.1) is 5.41 Å². The number of carbonyl (C=O) groups is 1. The topological polar surface area (TPSA) is 50.4 Å². The minimum absolute atomic E-state index is 0. The van der Waals surface area contributed by atoms with E-state index in [0.717, 1.165) is 52.0 Å². The average molecular weight is 291 g/mol. The van der Waals surface area contributed by atoms with E-state index in [-0.39, 0.29) is 29.8 Å². The van der Waals surface area contributed by atoms with Crippen molar-refractivity contribution in [1.29, 1.82) is 0 Å². The number of halogens is 1. The third-order valence-electron chi connectivity index (χ3n) is 4.48. The predicted molar refractivity (Wildman–Crippen MR) is 78.6 cm³/mol. The fourth-order valence-corrected chi connectivity index (χ4v) is 2.96. The first-order chi connectivity index (χ1) is 8.62. The first-order valence-electron chi connectivity index (χ1n) is 7.21. The zero-order chi connectivity index (χ0) is 13.0. The van der Waals surface area contributed by atoms with E-state index in [2.05, 4.69) is 24.5 Å². The highest BCUT2D eigenvalue weighted by atomic mass is 35.5. The molecule has 2 aliphatic rings. The molecule has 0 aromatic rings. The SMILES string of the molecule is CC(NC(=O)C1(C)CCCNC1)C1CCOCC1.Cl. The highest BCUT2D eigenvalue weighted by molar-refractivity contribution is 5.85. The molecule has 2 saturated heterocycles. The van der Waals surface area contributed by atoms with Crippen molar-refractivity contribution >= 4 is 18.3 Å². The Bertz CT molecular complexity index is 287. The molecule has 2 atom stereocenters. The van der Waals surface area contributed by atoms with Gasteiger partial charge in [-0.2, -0.15) is 0 Å². The Kier molecular flexibility index (Phi) is 6.57. The third-order valence-corrected chi connectivity index (χ3v) is 4.48. The van der Waals surface area contributed by atoms with Crippen molar-refractivity contribution in [3.05, 3.63) is 0 Å². The molecule has 5 heteroatoms. The fourth-order valence-electron chi connectivity index (χ4n) is 2.96. The lowest BCUT2D eigenvalue weighted by atomic mass is 9.81. The molecular weight excluding hydrogens is 264 g/mol. The summed E-state index contributed by atoms with van der Waals surface area (Å²) < 4.78 is 5.37. The summed E-state index contributed by atoms with van der Waals surface area (Å²) in [6.45, 7) is 7.73. The number of amides is 1. The maximum Gasteiger partial charge on any atom is 0.227 e. The normalized spacial score (nSPS) is 30.2. The van der Waals surface area contributed by atoms with Crippen LogP contribution < -0.4 is 10.6 Å². The monoisotopic (exact) mass is 290 g/mol. The van der Waals surface area contributed by atoms with Gasteiger partial charge < -0.3 is 15.4 Å². The molecule has 2 heterocycles. The summed E-state index contributed by atoms with van der Waals surface area (Å²) in [6, 6.07) is 0.264. The predicted octanol–water partition coefficient (Wildman–Crippen LogP) is 1.73. The molecule has 0 saturated carbocycles. The Balaban J connectivity index is 0.00000180. The first-order valence-corrected chi connectivity index (χ1v) is 7.21. The molecule has 19 heavy (non-hydrogen) atoms. The Morgan fingerprint density at radius 1 is 1.42 bits per heavy atom. The Morgan fingerprint density at radius 3 is 2.68 bits per heavy atom. The van der Waals surface area contributed by atoms with Crippen LogP contribution in [0.25, 0.3) is 0 Å². The maximum absolute atomic E-state index is 12.4. The number of hydrogen-bond acceptors (Lipinski definition) is 3. The van der Waals surface area contributed by atoms with E-state index < -0.39 is 0 Å². The van der Waals surface area contributed by atoms with Crippen LogP contribution in [0.4, 0.5) is 0 Å². The molecule has 4 nitrogen and oxygen atoms in total. The van der Waals surface area contributed by atoms with Gasteiger partial charge in [0.2, 0.25) is 5.91 Å². The molecular formula is C14H27ClN2O2. The van der Waals surface area contributed by atoms with E-state index in [0.29, 0.717) is 5.92 Å². The van der Waals surface area contributed by atoms with Crippen molar-refractivity contribution in [3.8, 4) is 0 Å². The van der Waals surface area contributed by atoms with Crippen LogP contribution in [0.1, 0.15) is 39.5 Å². The van der Waals surface area contributed by atoms with Crippen molar-refractivity contribution < 1.29 is 9.53 Å². The molecule has 0 aromatic heterocycles. The molecule has 112 valence electrons. The van der Waals surface area contributed by atoms with Crippen molar-refractivity contribution in [2.45, 2.75) is 45.6 Å². The summed E-state index contributed by atoms with van der Waals surface area (Å²) in [7, 11) is 0. The quantitative estimate of drug-likeness (QED) is 0.832. The van der Waals surface area contributed by atoms with Crippen LogP contribution in [0.15, 0.2) is 0 Å². The summed E-state index contributed by atoms with van der Waals surface area (Å²) in [5, 5.41) is 6.55. The van der Waals surface area contributed by atoms with E-state index in [4.69, 9.17) is 4.74 Å². The molecule has 2 unspecified atom stereocenters. The van der Waals surface area contributed by atoms with Crippen LogP contribution in [0.5, 0.6) is 0 Å². The Hall–Kier alpha value is -0.320. The number of nitrogens with one attached hydrogen (secondary N) is 2. The first kappa shape index (κ1) is 16.7. The Labute approximate surface area is 122 Å². The lowest BCUT2D eigenvalue weighted by molar-refractivity contribution is -0.132. The van der Waals surface area contributed by atoms with E-state index in [9.17, 15) is 4.79 Å². The summed E-state index contributed by atoms with van der Waals surface area (Å²) in [5.74, 6) is 0.788. The van der Waals surface area contributed by atoms with E-state index in [1.807, 2.05) is 0 Å². The summed E-state index contributed by atoms with van der Waals surface area (Å²) in [5.41, 5.74) is -0.225. The minimum atomic E-state index is -0.225. The molecule has 0 spiro atoms. The molecule has 0 radical (unpaired) electrons. The standard InChI is InChI=1S/C14H26N2O2.ClH/c1-11(12-4-8-18-9-5-12)16-13(17)14(2)6-3-7-15-10-14;/h11-12,15H,3-10H2,1-2H3,(H,16,17);1H. The number of carbonyl (C=O) groups excluding carboxylic acids is 1. The second kappa shape index (κ2) is 7.46. The lowest BCUT2D eigenvalue weighted by Crippen LogP contribution is -2.52. The van der Waals surface area contributed by atoms with Gasteiger partial charge in [0.1, 0.15) is 0 Å². The van der Waals surface area contributed by atoms with Crippen molar-refractivity contribution in [2.24, 2.45) is 11.3 Å². The molecule has 0 bridgehead atoms. The highest BCUT2D eigenvalue weighted by Gasteiger charge is 2.36. The fraction of sp³-hybridized carbons (Fsp3) is 0.929. The van der Waals surface area contributed by atoms with Gasteiger partial charge >= 0.3 is 0 Å². The smallest absolute Gasteiger partial charge is 0.227 e. The number of ether oxygens (including phenoxy) is 1. The zero-order valence-electron chi connectivity index (χ0n) is 12.0. The van der Waals surface area contributed by atoms with Gasteiger partial charge in [0.25, 0.3) is 0 Å². The molecule has 0 aliphatic carbocycles. The third kappa shape index (κ3) is 4.33. The van der Waals surface area contributed by atoms with E-state index >= 15 is 0 Å².